The van der Waals surface area contributed by atoms with Gasteiger partial charge in [0.15, 0.2) is 5.69 Å². The molecule has 8 heteroatoms. The van der Waals surface area contributed by atoms with Crippen LogP contribution in [-0.4, -0.2) is 48.0 Å². The lowest BCUT2D eigenvalue weighted by molar-refractivity contribution is 0.0934. The molecule has 0 saturated heterocycles. The number of hydrogen-bond acceptors (Lipinski definition) is 4. The Bertz CT molecular complexity index is 969. The third-order valence-corrected chi connectivity index (χ3v) is 4.17. The molecule has 3 aromatic rings. The van der Waals surface area contributed by atoms with Crippen LogP contribution >= 0.6 is 0 Å². The Morgan fingerprint density at radius 3 is 2.57 bits per heavy atom. The van der Waals surface area contributed by atoms with Gasteiger partial charge >= 0.3 is 0 Å². The van der Waals surface area contributed by atoms with E-state index < -0.39 is 0 Å². The van der Waals surface area contributed by atoms with Crippen LogP contribution in [-0.2, 0) is 11.2 Å². The van der Waals surface area contributed by atoms with Crippen LogP contribution < -0.4 is 10.6 Å². The predicted molar refractivity (Wildman–Crippen MR) is 102 cm³/mol. The Morgan fingerprint density at radius 2 is 1.82 bits per heavy atom. The Morgan fingerprint density at radius 1 is 1.07 bits per heavy atom. The molecule has 0 bridgehead atoms. The number of methoxy groups -OCH3 is 1. The van der Waals surface area contributed by atoms with Gasteiger partial charge in [-0.2, -0.15) is 0 Å². The van der Waals surface area contributed by atoms with E-state index in [9.17, 15) is 14.0 Å². The molecule has 0 fully saturated rings. The monoisotopic (exact) mass is 384 g/mol. The fraction of sp³-hybridized carbons (Fsp3) is 0.250. The SMILES string of the molecule is COCCNC(=O)c1nc(C(=O)NCCc2ccc(F)cc2)n2ccccc12. The smallest absolute Gasteiger partial charge is 0.287 e. The van der Waals surface area contributed by atoms with Gasteiger partial charge in [-0.25, -0.2) is 9.37 Å². The van der Waals surface area contributed by atoms with Gasteiger partial charge in [0, 0.05) is 26.4 Å². The minimum Gasteiger partial charge on any atom is -0.383 e. The molecule has 1 aromatic carbocycles. The van der Waals surface area contributed by atoms with Crippen molar-refractivity contribution >= 4 is 17.3 Å². The zero-order chi connectivity index (χ0) is 19.9. The number of amides is 2. The molecule has 2 N–H and O–H groups in total. The second kappa shape index (κ2) is 9.09. The quantitative estimate of drug-likeness (QED) is 0.580. The number of pyridine rings is 1. The summed E-state index contributed by atoms with van der Waals surface area (Å²) in [6, 6.07) is 11.4. The molecule has 0 atom stereocenters. The van der Waals surface area contributed by atoms with Crippen molar-refractivity contribution in [2.24, 2.45) is 0 Å². The minimum absolute atomic E-state index is 0.131. The molecule has 28 heavy (non-hydrogen) atoms. The molecule has 2 amide bonds. The number of benzene rings is 1. The van der Waals surface area contributed by atoms with Crippen LogP contribution in [0.1, 0.15) is 26.7 Å². The van der Waals surface area contributed by atoms with E-state index >= 15 is 0 Å². The third-order valence-electron chi connectivity index (χ3n) is 4.17. The van der Waals surface area contributed by atoms with Crippen LogP contribution in [0.15, 0.2) is 48.7 Å². The summed E-state index contributed by atoms with van der Waals surface area (Å²) in [4.78, 5) is 29.2. The van der Waals surface area contributed by atoms with E-state index in [1.807, 2.05) is 0 Å². The van der Waals surface area contributed by atoms with E-state index in [4.69, 9.17) is 4.74 Å². The Hall–Kier alpha value is -3.26. The van der Waals surface area contributed by atoms with Crippen molar-refractivity contribution in [3.8, 4) is 0 Å². The average molecular weight is 384 g/mol. The van der Waals surface area contributed by atoms with Crippen molar-refractivity contribution in [2.45, 2.75) is 6.42 Å². The van der Waals surface area contributed by atoms with Crippen molar-refractivity contribution in [3.05, 3.63) is 71.6 Å². The van der Waals surface area contributed by atoms with Crippen molar-refractivity contribution in [2.75, 3.05) is 26.8 Å². The molecule has 0 aliphatic carbocycles. The van der Waals surface area contributed by atoms with Crippen LogP contribution in [0, 0.1) is 5.82 Å². The number of carbonyl (C=O) groups excluding carboxylic acids is 2. The number of halogens is 1. The van der Waals surface area contributed by atoms with Gasteiger partial charge in [0.2, 0.25) is 5.82 Å². The number of hydrogen-bond donors (Lipinski definition) is 2. The number of aromatic nitrogens is 2. The second-order valence-electron chi connectivity index (χ2n) is 6.12. The molecule has 0 radical (unpaired) electrons. The molecule has 0 spiro atoms. The lowest BCUT2D eigenvalue weighted by Crippen LogP contribution is -2.28. The highest BCUT2D eigenvalue weighted by Gasteiger charge is 2.21. The summed E-state index contributed by atoms with van der Waals surface area (Å²) in [5.74, 6) is -0.926. The number of imidazole rings is 1. The topological polar surface area (TPSA) is 84.7 Å². The van der Waals surface area contributed by atoms with Crippen molar-refractivity contribution < 1.29 is 18.7 Å². The van der Waals surface area contributed by atoms with E-state index in [1.165, 1.54) is 12.1 Å². The van der Waals surface area contributed by atoms with Crippen molar-refractivity contribution in [1.82, 2.24) is 20.0 Å². The summed E-state index contributed by atoms with van der Waals surface area (Å²) in [5, 5.41) is 5.50. The number of rotatable bonds is 8. The molecule has 0 saturated carbocycles. The largest absolute Gasteiger partial charge is 0.383 e. The maximum atomic E-state index is 13.0. The van der Waals surface area contributed by atoms with Gasteiger partial charge in [0.05, 0.1) is 12.1 Å². The standard InChI is InChI=1S/C20H21FN4O3/c1-28-13-11-23-19(26)17-16-4-2-3-12-25(16)18(24-17)20(27)22-10-9-14-5-7-15(21)8-6-14/h2-8,12H,9-11,13H2,1H3,(H,22,27)(H,23,26). The lowest BCUT2D eigenvalue weighted by Gasteiger charge is -2.05. The summed E-state index contributed by atoms with van der Waals surface area (Å²) in [6.07, 6.45) is 2.24. The first-order chi connectivity index (χ1) is 13.6. The molecular formula is C20H21FN4O3. The molecule has 146 valence electrons. The van der Waals surface area contributed by atoms with E-state index in [2.05, 4.69) is 15.6 Å². The maximum Gasteiger partial charge on any atom is 0.287 e. The molecule has 2 aromatic heterocycles. The Labute approximate surface area is 161 Å². The first-order valence-corrected chi connectivity index (χ1v) is 8.87. The maximum absolute atomic E-state index is 13.0. The highest BCUT2D eigenvalue weighted by atomic mass is 19.1. The van der Waals surface area contributed by atoms with E-state index in [1.54, 1.807) is 48.0 Å². The van der Waals surface area contributed by atoms with Crippen LogP contribution in [0.5, 0.6) is 0 Å². The Balaban J connectivity index is 1.71. The fourth-order valence-electron chi connectivity index (χ4n) is 2.77. The van der Waals surface area contributed by atoms with Gasteiger partial charge in [-0.3, -0.25) is 14.0 Å². The Kier molecular flexibility index (Phi) is 6.33. The summed E-state index contributed by atoms with van der Waals surface area (Å²) >= 11 is 0. The van der Waals surface area contributed by atoms with Gasteiger partial charge in [0.25, 0.3) is 11.8 Å². The molecular weight excluding hydrogens is 363 g/mol. The molecule has 0 unspecified atom stereocenters. The number of nitrogens with one attached hydrogen (secondary N) is 2. The number of nitrogens with zero attached hydrogens (tertiary/aromatic N) is 2. The molecule has 3 rings (SSSR count). The average Bonchev–Trinajstić information content (AvgIpc) is 3.09. The third kappa shape index (κ3) is 4.52. The van der Waals surface area contributed by atoms with Gasteiger partial charge < -0.3 is 15.4 Å². The first-order valence-electron chi connectivity index (χ1n) is 8.87. The highest BCUT2D eigenvalue weighted by Crippen LogP contribution is 2.13. The lowest BCUT2D eigenvalue weighted by atomic mass is 10.1. The summed E-state index contributed by atoms with van der Waals surface area (Å²) in [6.45, 7) is 1.09. The molecule has 0 aliphatic heterocycles. The first kappa shape index (κ1) is 19.5. The van der Waals surface area contributed by atoms with Crippen LogP contribution in [0.4, 0.5) is 4.39 Å². The molecule has 7 nitrogen and oxygen atoms in total. The fourth-order valence-corrected chi connectivity index (χ4v) is 2.77. The van der Waals surface area contributed by atoms with Crippen LogP contribution in [0.2, 0.25) is 0 Å². The van der Waals surface area contributed by atoms with Gasteiger partial charge in [-0.05, 0) is 36.2 Å². The number of ether oxygens (including phenoxy) is 1. The summed E-state index contributed by atoms with van der Waals surface area (Å²) in [7, 11) is 1.55. The second-order valence-corrected chi connectivity index (χ2v) is 6.12. The predicted octanol–water partition coefficient (Wildman–Crippen LogP) is 1.82. The summed E-state index contributed by atoms with van der Waals surface area (Å²) in [5.41, 5.74) is 1.63. The zero-order valence-electron chi connectivity index (χ0n) is 15.4. The molecule has 0 aliphatic rings. The summed E-state index contributed by atoms with van der Waals surface area (Å²) < 4.78 is 19.5. The van der Waals surface area contributed by atoms with Crippen molar-refractivity contribution in [1.29, 1.82) is 0 Å². The van der Waals surface area contributed by atoms with E-state index in [0.717, 1.165) is 5.56 Å². The van der Waals surface area contributed by atoms with Crippen LogP contribution in [0.3, 0.4) is 0 Å². The highest BCUT2D eigenvalue weighted by molar-refractivity contribution is 6.02. The van der Waals surface area contributed by atoms with E-state index in [0.29, 0.717) is 31.6 Å². The van der Waals surface area contributed by atoms with Gasteiger partial charge in [0.1, 0.15) is 5.82 Å². The molecule has 2 heterocycles. The number of carbonyl (C=O) groups is 2. The van der Waals surface area contributed by atoms with Crippen LogP contribution in [0.25, 0.3) is 5.52 Å². The van der Waals surface area contributed by atoms with E-state index in [-0.39, 0.29) is 29.1 Å². The van der Waals surface area contributed by atoms with Crippen molar-refractivity contribution in [3.63, 3.8) is 0 Å². The van der Waals surface area contributed by atoms with Gasteiger partial charge in [-0.15, -0.1) is 0 Å². The minimum atomic E-state index is -0.390. The zero-order valence-corrected chi connectivity index (χ0v) is 15.4. The normalized spacial score (nSPS) is 10.8. The van der Waals surface area contributed by atoms with Gasteiger partial charge in [-0.1, -0.05) is 18.2 Å². The number of fused-ring (bicyclic) bond motifs is 1.